The molecule has 0 bridgehead atoms. The van der Waals surface area contributed by atoms with Crippen molar-refractivity contribution < 1.29 is 8.78 Å². The highest BCUT2D eigenvalue weighted by molar-refractivity contribution is 5.49. The predicted octanol–water partition coefficient (Wildman–Crippen LogP) is 0.999. The number of benzene rings is 2. The monoisotopic (exact) mass is 326 g/mol. The van der Waals surface area contributed by atoms with Crippen molar-refractivity contribution in [1.29, 1.82) is 0 Å². The molecular weight excluding hydrogens is 314 g/mol. The van der Waals surface area contributed by atoms with Crippen LogP contribution in [0.1, 0.15) is 11.1 Å². The third-order valence-electron chi connectivity index (χ3n) is 3.35. The number of nitrogens with one attached hydrogen (secondary N) is 2. The lowest BCUT2D eigenvalue weighted by Gasteiger charge is -1.95. The number of hydrogen-bond acceptors (Lipinski definition) is 2. The summed E-state index contributed by atoms with van der Waals surface area (Å²) in [5.41, 5.74) is 0.167. The molecule has 2 N–H and O–H groups in total. The molecule has 0 atom stereocenters. The normalized spacial score (nSPS) is 12.6. The Balaban J connectivity index is 2.09. The molecule has 1 heterocycles. The molecule has 3 aromatic rings. The average Bonchev–Trinajstić information content (AvgIpc) is 2.56. The Morgan fingerprint density at radius 1 is 0.625 bits per heavy atom. The van der Waals surface area contributed by atoms with Gasteiger partial charge in [-0.2, -0.15) is 0 Å². The summed E-state index contributed by atoms with van der Waals surface area (Å²) in [6, 6.07) is 11.0. The molecule has 0 unspecified atom stereocenters. The number of aromatic nitrogens is 2. The predicted molar refractivity (Wildman–Crippen MR) is 86.9 cm³/mol. The second-order valence-electron chi connectivity index (χ2n) is 5.13. The third kappa shape index (κ3) is 3.55. The fraction of sp³-hybridized carbons (Fsp3) is 0. The van der Waals surface area contributed by atoms with Gasteiger partial charge in [-0.25, -0.2) is 8.78 Å². The molecule has 0 saturated carbocycles. The van der Waals surface area contributed by atoms with Crippen molar-refractivity contribution in [1.82, 2.24) is 9.97 Å². The van der Waals surface area contributed by atoms with Crippen LogP contribution in [0.5, 0.6) is 0 Å². The first-order chi connectivity index (χ1) is 11.5. The Kier molecular flexibility index (Phi) is 4.20. The molecule has 120 valence electrons. The summed E-state index contributed by atoms with van der Waals surface area (Å²) < 4.78 is 25.8. The SMILES string of the molecule is O=c1[nH]/c(=C/c2ccc(F)cc2)c(=O)[nH]/c1=C/c1ccc(F)cc1. The maximum atomic E-state index is 12.9. The zero-order chi connectivity index (χ0) is 17.1. The third-order valence-corrected chi connectivity index (χ3v) is 3.35. The lowest BCUT2D eigenvalue weighted by atomic mass is 10.2. The Morgan fingerprint density at radius 2 is 0.958 bits per heavy atom. The molecule has 3 rings (SSSR count). The molecule has 0 aliphatic rings. The van der Waals surface area contributed by atoms with Crippen molar-refractivity contribution in [2.24, 2.45) is 0 Å². The van der Waals surface area contributed by atoms with Crippen LogP contribution in [0.25, 0.3) is 12.2 Å². The van der Waals surface area contributed by atoms with E-state index in [0.717, 1.165) is 0 Å². The lowest BCUT2D eigenvalue weighted by Crippen LogP contribution is -2.46. The molecule has 24 heavy (non-hydrogen) atoms. The van der Waals surface area contributed by atoms with Gasteiger partial charge in [0.25, 0.3) is 11.1 Å². The van der Waals surface area contributed by atoms with Crippen LogP contribution in [-0.4, -0.2) is 9.97 Å². The Labute approximate surface area is 134 Å². The minimum atomic E-state index is -0.493. The summed E-state index contributed by atoms with van der Waals surface area (Å²) in [6.07, 6.45) is 2.89. The van der Waals surface area contributed by atoms with Crippen LogP contribution in [-0.2, 0) is 0 Å². The molecule has 0 aliphatic carbocycles. The van der Waals surface area contributed by atoms with E-state index in [0.29, 0.717) is 11.1 Å². The van der Waals surface area contributed by atoms with Gasteiger partial charge in [-0.05, 0) is 47.5 Å². The molecule has 6 heteroatoms. The minimum Gasteiger partial charge on any atom is -0.316 e. The van der Waals surface area contributed by atoms with Crippen LogP contribution < -0.4 is 21.8 Å². The Bertz CT molecular complexity index is 1000. The minimum absolute atomic E-state index is 0.0582. The average molecular weight is 326 g/mol. The smallest absolute Gasteiger partial charge is 0.272 e. The van der Waals surface area contributed by atoms with Crippen LogP contribution in [0.4, 0.5) is 8.78 Å². The number of halogens is 2. The van der Waals surface area contributed by atoms with Gasteiger partial charge in [-0.1, -0.05) is 24.3 Å². The van der Waals surface area contributed by atoms with Crippen LogP contribution in [0, 0.1) is 11.6 Å². The van der Waals surface area contributed by atoms with E-state index < -0.39 is 22.8 Å². The first-order valence-corrected chi connectivity index (χ1v) is 7.08. The van der Waals surface area contributed by atoms with Gasteiger partial charge in [-0.15, -0.1) is 0 Å². The van der Waals surface area contributed by atoms with Crippen LogP contribution in [0.3, 0.4) is 0 Å². The summed E-state index contributed by atoms with van der Waals surface area (Å²) in [5, 5.41) is 0.116. The van der Waals surface area contributed by atoms with Crippen molar-refractivity contribution in [3.63, 3.8) is 0 Å². The molecule has 0 radical (unpaired) electrons. The highest BCUT2D eigenvalue weighted by Crippen LogP contribution is 2.03. The molecule has 1 aromatic heterocycles. The fourth-order valence-electron chi connectivity index (χ4n) is 2.15. The highest BCUT2D eigenvalue weighted by atomic mass is 19.1. The second-order valence-corrected chi connectivity index (χ2v) is 5.13. The maximum Gasteiger partial charge on any atom is 0.272 e. The number of hydrogen-bond donors (Lipinski definition) is 2. The van der Waals surface area contributed by atoms with E-state index >= 15 is 0 Å². The zero-order valence-electron chi connectivity index (χ0n) is 12.3. The first-order valence-electron chi connectivity index (χ1n) is 7.08. The summed E-state index contributed by atoms with van der Waals surface area (Å²) in [7, 11) is 0. The Morgan fingerprint density at radius 3 is 1.29 bits per heavy atom. The Hall–Kier alpha value is -3.28. The number of aromatic amines is 2. The zero-order valence-corrected chi connectivity index (χ0v) is 12.3. The van der Waals surface area contributed by atoms with Crippen LogP contribution >= 0.6 is 0 Å². The van der Waals surface area contributed by atoms with E-state index in [4.69, 9.17) is 0 Å². The van der Waals surface area contributed by atoms with Crippen molar-refractivity contribution in [3.05, 3.63) is 103 Å². The molecule has 0 fully saturated rings. The quantitative estimate of drug-likeness (QED) is 0.738. The van der Waals surface area contributed by atoms with Crippen LogP contribution in [0.15, 0.2) is 58.1 Å². The topological polar surface area (TPSA) is 65.7 Å². The van der Waals surface area contributed by atoms with Crippen molar-refractivity contribution in [2.75, 3.05) is 0 Å². The van der Waals surface area contributed by atoms with E-state index in [1.54, 1.807) is 0 Å². The second kappa shape index (κ2) is 6.45. The van der Waals surface area contributed by atoms with Gasteiger partial charge in [0.1, 0.15) is 22.3 Å². The van der Waals surface area contributed by atoms with Gasteiger partial charge in [-0.3, -0.25) is 9.59 Å². The van der Waals surface area contributed by atoms with Crippen LogP contribution in [0.2, 0.25) is 0 Å². The molecule has 4 nitrogen and oxygen atoms in total. The standard InChI is InChI=1S/C18H12F2N2O2/c19-13-5-1-11(2-6-13)9-15-17(23)22-16(18(24)21-15)10-12-3-7-14(20)8-4-12/h1-10H,(H,21,24)(H,22,23)/b15-9+,16-10+. The molecule has 0 aliphatic heterocycles. The van der Waals surface area contributed by atoms with E-state index in [-0.39, 0.29) is 10.7 Å². The van der Waals surface area contributed by atoms with Gasteiger partial charge in [0, 0.05) is 0 Å². The molecular formula is C18H12F2N2O2. The van der Waals surface area contributed by atoms with Gasteiger partial charge in [0.15, 0.2) is 0 Å². The van der Waals surface area contributed by atoms with E-state index in [9.17, 15) is 18.4 Å². The van der Waals surface area contributed by atoms with Gasteiger partial charge >= 0.3 is 0 Å². The highest BCUT2D eigenvalue weighted by Gasteiger charge is 1.98. The number of H-pyrrole nitrogens is 2. The van der Waals surface area contributed by atoms with Gasteiger partial charge < -0.3 is 9.97 Å². The number of rotatable bonds is 2. The van der Waals surface area contributed by atoms with Gasteiger partial charge in [0.05, 0.1) is 0 Å². The lowest BCUT2D eigenvalue weighted by molar-refractivity contribution is 0.627. The van der Waals surface area contributed by atoms with E-state index in [1.807, 2.05) is 0 Å². The maximum absolute atomic E-state index is 12.9. The van der Waals surface area contributed by atoms with Crippen molar-refractivity contribution >= 4 is 12.2 Å². The molecule has 0 spiro atoms. The molecule has 0 amide bonds. The first kappa shape index (κ1) is 15.6. The fourth-order valence-corrected chi connectivity index (χ4v) is 2.15. The largest absolute Gasteiger partial charge is 0.316 e. The van der Waals surface area contributed by atoms with E-state index in [2.05, 4.69) is 9.97 Å². The van der Waals surface area contributed by atoms with Crippen molar-refractivity contribution in [2.45, 2.75) is 0 Å². The van der Waals surface area contributed by atoms with E-state index in [1.165, 1.54) is 60.7 Å². The molecule has 2 aromatic carbocycles. The van der Waals surface area contributed by atoms with Gasteiger partial charge in [0.2, 0.25) is 0 Å². The summed E-state index contributed by atoms with van der Waals surface area (Å²) in [5.74, 6) is -0.780. The summed E-state index contributed by atoms with van der Waals surface area (Å²) in [6.45, 7) is 0. The summed E-state index contributed by atoms with van der Waals surface area (Å²) in [4.78, 5) is 29.2. The molecule has 0 saturated heterocycles. The summed E-state index contributed by atoms with van der Waals surface area (Å²) >= 11 is 0. The van der Waals surface area contributed by atoms with Crippen molar-refractivity contribution in [3.8, 4) is 0 Å².